The number of rotatable bonds is 12. The van der Waals surface area contributed by atoms with E-state index in [1.165, 1.54) is 12.2 Å². The third-order valence-corrected chi connectivity index (χ3v) is 4.15. The summed E-state index contributed by atoms with van der Waals surface area (Å²) in [5, 5.41) is 10.4. The minimum absolute atomic E-state index is 0.0220. The number of hydrogen-bond acceptors (Lipinski definition) is 5. The Bertz CT molecular complexity index is 795. The van der Waals surface area contributed by atoms with E-state index in [1.807, 2.05) is 24.3 Å². The topological polar surface area (TPSA) is 143 Å². The molecule has 0 radical (unpaired) electrons. The molecule has 30 heavy (non-hydrogen) atoms. The van der Waals surface area contributed by atoms with Gasteiger partial charge in [0.1, 0.15) is 12.1 Å². The first-order chi connectivity index (χ1) is 14.3. The van der Waals surface area contributed by atoms with Gasteiger partial charge in [-0.1, -0.05) is 30.7 Å². The molecule has 1 aromatic rings. The minimum atomic E-state index is -0.207. The second kappa shape index (κ2) is 13.6. The highest BCUT2D eigenvalue weighted by Crippen LogP contribution is 2.06. The first-order valence-electron chi connectivity index (χ1n) is 9.69. The summed E-state index contributed by atoms with van der Waals surface area (Å²) < 4.78 is 0. The van der Waals surface area contributed by atoms with E-state index in [9.17, 15) is 14.4 Å². The SMILES string of the molecule is C/C(N)=N/N=C(\N)c1ccc(CNC(=O)CCCCCN(C)C(=O)/C=C\C=O)cc1. The van der Waals surface area contributed by atoms with E-state index >= 15 is 0 Å². The van der Waals surface area contributed by atoms with Gasteiger partial charge in [-0.05, 0) is 31.4 Å². The van der Waals surface area contributed by atoms with Crippen LogP contribution in [0.2, 0.25) is 0 Å². The molecular formula is C21H30N6O3. The summed E-state index contributed by atoms with van der Waals surface area (Å²) in [5.41, 5.74) is 12.9. The van der Waals surface area contributed by atoms with Gasteiger partial charge < -0.3 is 21.7 Å². The number of carbonyl (C=O) groups excluding carboxylic acids is 3. The minimum Gasteiger partial charge on any atom is -0.386 e. The Morgan fingerprint density at radius 2 is 1.80 bits per heavy atom. The number of allylic oxidation sites excluding steroid dienone is 1. The fourth-order valence-electron chi connectivity index (χ4n) is 2.44. The van der Waals surface area contributed by atoms with Crippen LogP contribution >= 0.6 is 0 Å². The van der Waals surface area contributed by atoms with Crippen molar-refractivity contribution in [2.75, 3.05) is 13.6 Å². The van der Waals surface area contributed by atoms with E-state index in [1.54, 1.807) is 18.9 Å². The fraction of sp³-hybridized carbons (Fsp3) is 0.381. The van der Waals surface area contributed by atoms with E-state index in [0.29, 0.717) is 31.6 Å². The molecule has 0 saturated heterocycles. The van der Waals surface area contributed by atoms with Crippen molar-refractivity contribution in [2.45, 2.75) is 39.2 Å². The molecular weight excluding hydrogens is 384 g/mol. The number of unbranched alkanes of at least 4 members (excludes halogenated alkanes) is 2. The van der Waals surface area contributed by atoms with Gasteiger partial charge in [0.15, 0.2) is 5.84 Å². The normalized spacial score (nSPS) is 12.1. The quantitative estimate of drug-likeness (QED) is 0.117. The maximum absolute atomic E-state index is 12.0. The van der Waals surface area contributed by atoms with Crippen molar-refractivity contribution in [1.82, 2.24) is 10.2 Å². The molecule has 0 atom stereocenters. The Hall–Kier alpha value is -3.49. The first-order valence-corrected chi connectivity index (χ1v) is 9.69. The summed E-state index contributed by atoms with van der Waals surface area (Å²) in [6.07, 6.45) is 5.78. The molecule has 162 valence electrons. The summed E-state index contributed by atoms with van der Waals surface area (Å²) in [6.45, 7) is 2.63. The Balaban J connectivity index is 2.28. The van der Waals surface area contributed by atoms with Crippen LogP contribution in [0.5, 0.6) is 0 Å². The number of nitrogens with zero attached hydrogens (tertiary/aromatic N) is 3. The van der Waals surface area contributed by atoms with Crippen molar-refractivity contribution < 1.29 is 14.4 Å². The third-order valence-electron chi connectivity index (χ3n) is 4.15. The molecule has 9 heteroatoms. The van der Waals surface area contributed by atoms with Crippen molar-refractivity contribution in [3.8, 4) is 0 Å². The Morgan fingerprint density at radius 3 is 2.43 bits per heavy atom. The molecule has 0 saturated carbocycles. The van der Waals surface area contributed by atoms with Crippen LogP contribution < -0.4 is 16.8 Å². The Kier molecular flexibility index (Phi) is 11.2. The van der Waals surface area contributed by atoms with Crippen molar-refractivity contribution in [3.05, 3.63) is 47.5 Å². The third kappa shape index (κ3) is 10.2. The lowest BCUT2D eigenvalue weighted by Gasteiger charge is -2.14. The summed E-state index contributed by atoms with van der Waals surface area (Å²) in [4.78, 5) is 35.3. The van der Waals surface area contributed by atoms with E-state index in [2.05, 4.69) is 15.5 Å². The average molecular weight is 415 g/mol. The van der Waals surface area contributed by atoms with Crippen LogP contribution in [0.1, 0.15) is 43.7 Å². The van der Waals surface area contributed by atoms with Crippen LogP contribution in [0.25, 0.3) is 0 Å². The first kappa shape index (κ1) is 24.5. The zero-order chi connectivity index (χ0) is 22.4. The largest absolute Gasteiger partial charge is 0.386 e. The van der Waals surface area contributed by atoms with Gasteiger partial charge in [-0.3, -0.25) is 14.4 Å². The van der Waals surface area contributed by atoms with Gasteiger partial charge in [-0.2, -0.15) is 0 Å². The van der Waals surface area contributed by atoms with Crippen LogP contribution in [0.15, 0.2) is 46.6 Å². The molecule has 0 aliphatic rings. The van der Waals surface area contributed by atoms with Gasteiger partial charge in [0.25, 0.3) is 0 Å². The van der Waals surface area contributed by atoms with Crippen molar-refractivity contribution in [1.29, 1.82) is 0 Å². The summed E-state index contributed by atoms with van der Waals surface area (Å²) in [5.74, 6) is 0.361. The lowest BCUT2D eigenvalue weighted by atomic mass is 10.1. The van der Waals surface area contributed by atoms with Gasteiger partial charge in [0.05, 0.1) is 0 Å². The highest BCUT2D eigenvalue weighted by Gasteiger charge is 2.06. The fourth-order valence-corrected chi connectivity index (χ4v) is 2.44. The number of amidine groups is 2. The van der Waals surface area contributed by atoms with E-state index in [-0.39, 0.29) is 17.6 Å². The van der Waals surface area contributed by atoms with E-state index < -0.39 is 0 Å². The number of nitrogens with two attached hydrogens (primary N) is 2. The van der Waals surface area contributed by atoms with Gasteiger partial charge >= 0.3 is 0 Å². The van der Waals surface area contributed by atoms with Gasteiger partial charge in [0, 0.05) is 38.2 Å². The molecule has 2 amide bonds. The van der Waals surface area contributed by atoms with E-state index in [4.69, 9.17) is 11.5 Å². The average Bonchev–Trinajstić information content (AvgIpc) is 2.74. The highest BCUT2D eigenvalue weighted by molar-refractivity contribution is 5.97. The molecule has 1 aromatic carbocycles. The van der Waals surface area contributed by atoms with Crippen LogP contribution in [-0.4, -0.2) is 48.3 Å². The van der Waals surface area contributed by atoms with Crippen LogP contribution in [-0.2, 0) is 20.9 Å². The molecule has 0 aliphatic heterocycles. The molecule has 9 nitrogen and oxygen atoms in total. The van der Waals surface area contributed by atoms with Crippen LogP contribution in [0.3, 0.4) is 0 Å². The zero-order valence-electron chi connectivity index (χ0n) is 17.5. The zero-order valence-corrected chi connectivity index (χ0v) is 17.5. The standard InChI is InChI=1S/C21H30N6O3/c1-16(22)25-26-21(23)18-11-9-17(10-12-18)15-24-19(29)7-4-3-5-13-27(2)20(30)8-6-14-28/h6,8-12,14H,3-5,7,13,15H2,1-2H3,(H2,22,25)(H2,23,26)(H,24,29)/b8-6-. The number of carbonyl (C=O) groups is 3. The van der Waals surface area contributed by atoms with Gasteiger partial charge in [0.2, 0.25) is 11.8 Å². The molecule has 5 N–H and O–H groups in total. The summed E-state index contributed by atoms with van der Waals surface area (Å²) in [6, 6.07) is 7.35. The molecule has 1 rings (SSSR count). The van der Waals surface area contributed by atoms with Crippen molar-refractivity contribution in [3.63, 3.8) is 0 Å². The number of hydrogen-bond donors (Lipinski definition) is 3. The smallest absolute Gasteiger partial charge is 0.246 e. The summed E-state index contributed by atoms with van der Waals surface area (Å²) in [7, 11) is 1.68. The number of benzene rings is 1. The molecule has 0 unspecified atom stereocenters. The van der Waals surface area contributed by atoms with Crippen LogP contribution in [0.4, 0.5) is 0 Å². The maximum Gasteiger partial charge on any atom is 0.246 e. The van der Waals surface area contributed by atoms with Crippen LogP contribution in [0, 0.1) is 0 Å². The number of aldehydes is 1. The van der Waals surface area contributed by atoms with Crippen molar-refractivity contribution in [2.24, 2.45) is 21.7 Å². The van der Waals surface area contributed by atoms with Gasteiger partial charge in [-0.15, -0.1) is 10.2 Å². The monoisotopic (exact) mass is 414 g/mol. The number of likely N-dealkylation sites (N-methyl/N-ethyl adjacent to an activating group) is 1. The van der Waals surface area contributed by atoms with Gasteiger partial charge in [-0.25, -0.2) is 0 Å². The number of amides is 2. The number of nitrogens with one attached hydrogen (secondary N) is 1. The summed E-state index contributed by atoms with van der Waals surface area (Å²) >= 11 is 0. The predicted molar refractivity (Wildman–Crippen MR) is 118 cm³/mol. The lowest BCUT2D eigenvalue weighted by Crippen LogP contribution is -2.26. The van der Waals surface area contributed by atoms with E-state index in [0.717, 1.165) is 30.4 Å². The lowest BCUT2D eigenvalue weighted by molar-refractivity contribution is -0.125. The predicted octanol–water partition coefficient (Wildman–Crippen LogP) is 1.07. The molecule has 0 fully saturated rings. The highest BCUT2D eigenvalue weighted by atomic mass is 16.2. The Labute approximate surface area is 176 Å². The molecule has 0 heterocycles. The molecule has 0 aliphatic carbocycles. The second-order valence-corrected chi connectivity index (χ2v) is 6.77. The molecule has 0 aromatic heterocycles. The second-order valence-electron chi connectivity index (χ2n) is 6.77. The molecule has 0 spiro atoms. The Morgan fingerprint density at radius 1 is 1.10 bits per heavy atom. The maximum atomic E-state index is 12.0. The van der Waals surface area contributed by atoms with Crippen molar-refractivity contribution >= 4 is 29.8 Å². The molecule has 0 bridgehead atoms.